The second-order valence-electron chi connectivity index (χ2n) is 5.05. The minimum absolute atomic E-state index is 0.0117. The molecule has 1 heterocycles. The molecule has 1 N–H and O–H groups in total. The molecular formula is C14H17F3N2OS. The molecule has 1 aliphatic heterocycles. The van der Waals surface area contributed by atoms with E-state index >= 15 is 0 Å². The summed E-state index contributed by atoms with van der Waals surface area (Å²) in [6.07, 6.45) is 2.25. The smallest absolute Gasteiger partial charge is 0.317 e. The lowest BCUT2D eigenvalue weighted by Crippen LogP contribution is -2.39. The van der Waals surface area contributed by atoms with Crippen LogP contribution in [0, 0.1) is 17.5 Å². The van der Waals surface area contributed by atoms with E-state index in [1.165, 1.54) is 11.9 Å². The van der Waals surface area contributed by atoms with Crippen LogP contribution in [0.25, 0.3) is 0 Å². The first kappa shape index (κ1) is 16.0. The Morgan fingerprint density at radius 2 is 2.05 bits per heavy atom. The Balaban J connectivity index is 1.87. The summed E-state index contributed by atoms with van der Waals surface area (Å²) in [6, 6.07) is 1.48. The predicted octanol–water partition coefficient (Wildman–Crippen LogP) is 3.14. The molecular weight excluding hydrogens is 301 g/mol. The Morgan fingerprint density at radius 1 is 1.38 bits per heavy atom. The molecule has 0 aromatic heterocycles. The van der Waals surface area contributed by atoms with Crippen LogP contribution in [0.5, 0.6) is 0 Å². The quantitative estimate of drug-likeness (QED) is 0.865. The van der Waals surface area contributed by atoms with E-state index in [1.807, 2.05) is 11.8 Å². The first-order chi connectivity index (χ1) is 9.97. The minimum atomic E-state index is -1.50. The number of hydrogen-bond donors (Lipinski definition) is 1. The number of nitrogens with one attached hydrogen (secondary N) is 1. The topological polar surface area (TPSA) is 32.3 Å². The molecule has 1 aliphatic rings. The first-order valence-electron chi connectivity index (χ1n) is 6.71. The lowest BCUT2D eigenvalue weighted by Gasteiger charge is -2.19. The van der Waals surface area contributed by atoms with E-state index < -0.39 is 17.5 Å². The Morgan fingerprint density at radius 3 is 2.62 bits per heavy atom. The van der Waals surface area contributed by atoms with Gasteiger partial charge in [-0.2, -0.15) is 11.8 Å². The maximum atomic E-state index is 13.1. The molecule has 0 aliphatic carbocycles. The van der Waals surface area contributed by atoms with Crippen LogP contribution in [-0.4, -0.2) is 35.5 Å². The molecule has 1 aromatic carbocycles. The monoisotopic (exact) mass is 318 g/mol. The van der Waals surface area contributed by atoms with Gasteiger partial charge in [-0.15, -0.1) is 0 Å². The van der Waals surface area contributed by atoms with Crippen molar-refractivity contribution in [1.29, 1.82) is 0 Å². The van der Waals surface area contributed by atoms with Gasteiger partial charge in [-0.25, -0.2) is 18.0 Å². The number of amides is 2. The Labute approximate surface area is 125 Å². The summed E-state index contributed by atoms with van der Waals surface area (Å²) in [5.74, 6) is -2.88. The van der Waals surface area contributed by atoms with Crippen LogP contribution in [0.3, 0.4) is 0 Å². The normalized spacial score (nSPS) is 17.8. The summed E-state index contributed by atoms with van der Waals surface area (Å²) in [5, 5.41) is 3.22. The Bertz CT molecular complexity index is 498. The van der Waals surface area contributed by atoms with E-state index in [0.29, 0.717) is 11.8 Å². The lowest BCUT2D eigenvalue weighted by molar-refractivity contribution is 0.206. The number of rotatable bonds is 4. The minimum Gasteiger partial charge on any atom is -0.337 e. The van der Waals surface area contributed by atoms with Gasteiger partial charge in [0.15, 0.2) is 17.5 Å². The molecule has 1 fully saturated rings. The molecule has 0 bridgehead atoms. The second kappa shape index (κ2) is 7.06. The van der Waals surface area contributed by atoms with Gasteiger partial charge in [-0.3, -0.25) is 0 Å². The summed E-state index contributed by atoms with van der Waals surface area (Å²) in [6.45, 7) is 0.595. The van der Waals surface area contributed by atoms with Crippen molar-refractivity contribution in [2.75, 3.05) is 19.3 Å². The third-order valence-corrected chi connectivity index (χ3v) is 4.71. The molecule has 0 saturated carbocycles. The zero-order valence-electron chi connectivity index (χ0n) is 11.7. The van der Waals surface area contributed by atoms with Crippen LogP contribution in [0.1, 0.15) is 18.4 Å². The molecule has 1 unspecified atom stereocenters. The second-order valence-corrected chi connectivity index (χ2v) is 6.46. The highest BCUT2D eigenvalue weighted by molar-refractivity contribution is 8.00. The van der Waals surface area contributed by atoms with Crippen molar-refractivity contribution in [1.82, 2.24) is 10.2 Å². The zero-order valence-corrected chi connectivity index (χ0v) is 12.5. The SMILES string of the molecule is CN(Cc1cc(F)c(F)c(F)c1)C(=O)NCC1CCCS1. The zero-order chi connectivity index (χ0) is 15.4. The molecule has 2 rings (SSSR count). The third-order valence-electron chi connectivity index (χ3n) is 3.31. The average molecular weight is 318 g/mol. The molecule has 1 atom stereocenters. The van der Waals surface area contributed by atoms with Crippen molar-refractivity contribution in [3.05, 3.63) is 35.1 Å². The van der Waals surface area contributed by atoms with Gasteiger partial charge < -0.3 is 10.2 Å². The molecule has 116 valence electrons. The standard InChI is InChI=1S/C14H17F3N2OS/c1-19(14(20)18-7-10-3-2-4-21-10)8-9-5-11(15)13(17)12(16)6-9/h5-6,10H,2-4,7-8H2,1H3,(H,18,20). The number of halogens is 3. The number of carbonyl (C=O) groups is 1. The molecule has 7 heteroatoms. The highest BCUT2D eigenvalue weighted by Crippen LogP contribution is 2.25. The van der Waals surface area contributed by atoms with E-state index in [1.54, 1.807) is 0 Å². The highest BCUT2D eigenvalue weighted by Gasteiger charge is 2.18. The predicted molar refractivity (Wildman–Crippen MR) is 76.7 cm³/mol. The van der Waals surface area contributed by atoms with Crippen molar-refractivity contribution >= 4 is 17.8 Å². The van der Waals surface area contributed by atoms with Crippen LogP contribution in [0.4, 0.5) is 18.0 Å². The number of hydrogen-bond acceptors (Lipinski definition) is 2. The summed E-state index contributed by atoms with van der Waals surface area (Å²) in [5.41, 5.74) is 0.208. The maximum Gasteiger partial charge on any atom is 0.317 e. The molecule has 0 spiro atoms. The molecule has 0 radical (unpaired) electrons. The number of carbonyl (C=O) groups excluding carboxylic acids is 1. The molecule has 21 heavy (non-hydrogen) atoms. The van der Waals surface area contributed by atoms with Crippen molar-refractivity contribution in [2.45, 2.75) is 24.6 Å². The van der Waals surface area contributed by atoms with Gasteiger partial charge in [0.05, 0.1) is 0 Å². The number of thioether (sulfide) groups is 1. The Hall–Kier alpha value is -1.37. The number of benzene rings is 1. The van der Waals surface area contributed by atoms with Crippen LogP contribution in [0.2, 0.25) is 0 Å². The fourth-order valence-corrected chi connectivity index (χ4v) is 3.39. The fourth-order valence-electron chi connectivity index (χ4n) is 2.19. The van der Waals surface area contributed by atoms with Crippen LogP contribution < -0.4 is 5.32 Å². The van der Waals surface area contributed by atoms with Gasteiger partial charge in [0.2, 0.25) is 0 Å². The van der Waals surface area contributed by atoms with Gasteiger partial charge in [0.25, 0.3) is 0 Å². The molecule has 1 saturated heterocycles. The average Bonchev–Trinajstić information content (AvgIpc) is 2.95. The number of urea groups is 1. The largest absolute Gasteiger partial charge is 0.337 e. The van der Waals surface area contributed by atoms with Gasteiger partial charge in [0.1, 0.15) is 0 Å². The summed E-state index contributed by atoms with van der Waals surface area (Å²) >= 11 is 1.83. The fraction of sp³-hybridized carbons (Fsp3) is 0.500. The van der Waals surface area contributed by atoms with Crippen molar-refractivity contribution < 1.29 is 18.0 Å². The number of nitrogens with zero attached hydrogens (tertiary/aromatic N) is 1. The van der Waals surface area contributed by atoms with E-state index in [0.717, 1.165) is 30.7 Å². The van der Waals surface area contributed by atoms with Crippen molar-refractivity contribution in [3.63, 3.8) is 0 Å². The van der Waals surface area contributed by atoms with E-state index in [9.17, 15) is 18.0 Å². The highest BCUT2D eigenvalue weighted by atomic mass is 32.2. The molecule has 3 nitrogen and oxygen atoms in total. The molecule has 1 aromatic rings. The molecule has 2 amide bonds. The lowest BCUT2D eigenvalue weighted by atomic mass is 10.2. The van der Waals surface area contributed by atoms with Gasteiger partial charge in [0, 0.05) is 25.4 Å². The third kappa shape index (κ3) is 4.30. The summed E-state index contributed by atoms with van der Waals surface area (Å²) in [4.78, 5) is 13.2. The van der Waals surface area contributed by atoms with Crippen LogP contribution >= 0.6 is 11.8 Å². The van der Waals surface area contributed by atoms with Gasteiger partial charge >= 0.3 is 6.03 Å². The van der Waals surface area contributed by atoms with Crippen molar-refractivity contribution in [2.24, 2.45) is 0 Å². The van der Waals surface area contributed by atoms with Crippen LogP contribution in [0.15, 0.2) is 12.1 Å². The van der Waals surface area contributed by atoms with Crippen molar-refractivity contribution in [3.8, 4) is 0 Å². The van der Waals surface area contributed by atoms with E-state index in [-0.39, 0.29) is 18.1 Å². The van der Waals surface area contributed by atoms with E-state index in [2.05, 4.69) is 5.32 Å². The Kier molecular flexibility index (Phi) is 5.39. The first-order valence-corrected chi connectivity index (χ1v) is 7.76. The van der Waals surface area contributed by atoms with Gasteiger partial charge in [-0.05, 0) is 36.3 Å². The summed E-state index contributed by atoms with van der Waals surface area (Å²) < 4.78 is 39.1. The maximum absolute atomic E-state index is 13.1. The van der Waals surface area contributed by atoms with Crippen LogP contribution in [-0.2, 0) is 6.54 Å². The van der Waals surface area contributed by atoms with E-state index in [4.69, 9.17) is 0 Å². The van der Waals surface area contributed by atoms with Gasteiger partial charge in [-0.1, -0.05) is 0 Å². The summed E-state index contributed by atoms with van der Waals surface area (Å²) in [7, 11) is 1.52.